The largest absolute Gasteiger partial charge is 0.399 e. The molecule has 1 aromatic carbocycles. The van der Waals surface area contributed by atoms with Gasteiger partial charge in [-0.25, -0.2) is 15.0 Å². The number of benzene rings is 1. The molecule has 2 aromatic heterocycles. The average molecular weight is 251 g/mol. The molecule has 0 aliphatic carbocycles. The number of imidazole rings is 1. The second kappa shape index (κ2) is 4.53. The van der Waals surface area contributed by atoms with Gasteiger partial charge in [0.15, 0.2) is 0 Å². The van der Waals surface area contributed by atoms with E-state index in [2.05, 4.69) is 15.0 Å². The Hall–Kier alpha value is -2.69. The number of nitrogen functional groups attached to an aromatic ring is 1. The van der Waals surface area contributed by atoms with Crippen LogP contribution in [0.5, 0.6) is 0 Å². The maximum atomic E-state index is 5.70. The number of nitrogens with zero attached hydrogens (tertiary/aromatic N) is 4. The van der Waals surface area contributed by atoms with E-state index < -0.39 is 0 Å². The van der Waals surface area contributed by atoms with Gasteiger partial charge in [-0.2, -0.15) is 0 Å². The van der Waals surface area contributed by atoms with Gasteiger partial charge in [0, 0.05) is 29.8 Å². The molecule has 0 bridgehead atoms. The first-order chi connectivity index (χ1) is 9.24. The lowest BCUT2D eigenvalue weighted by Crippen LogP contribution is -2.01. The van der Waals surface area contributed by atoms with Gasteiger partial charge in [-0.1, -0.05) is 0 Å². The minimum Gasteiger partial charge on any atom is -0.399 e. The zero-order valence-electron chi connectivity index (χ0n) is 10.5. The van der Waals surface area contributed by atoms with E-state index in [4.69, 9.17) is 5.73 Å². The predicted octanol–water partition coefficient (Wildman–Crippen LogP) is 2.22. The van der Waals surface area contributed by atoms with Crippen LogP contribution in [0.3, 0.4) is 0 Å². The molecule has 5 heteroatoms. The third kappa shape index (κ3) is 2.18. The summed E-state index contributed by atoms with van der Waals surface area (Å²) in [7, 11) is 0. The number of rotatable bonds is 2. The van der Waals surface area contributed by atoms with E-state index in [0.29, 0.717) is 0 Å². The second-order valence-electron chi connectivity index (χ2n) is 4.20. The normalized spacial score (nSPS) is 10.6. The van der Waals surface area contributed by atoms with Crippen LogP contribution in [0.25, 0.3) is 17.2 Å². The topological polar surface area (TPSA) is 69.6 Å². The van der Waals surface area contributed by atoms with E-state index in [-0.39, 0.29) is 0 Å². The Morgan fingerprint density at radius 3 is 2.53 bits per heavy atom. The van der Waals surface area contributed by atoms with Crippen LogP contribution in [0.1, 0.15) is 5.82 Å². The van der Waals surface area contributed by atoms with Crippen molar-refractivity contribution in [1.29, 1.82) is 0 Å². The smallest absolute Gasteiger partial charge is 0.145 e. The summed E-state index contributed by atoms with van der Waals surface area (Å²) in [4.78, 5) is 12.9. The summed E-state index contributed by atoms with van der Waals surface area (Å²) in [5.41, 5.74) is 7.43. The van der Waals surface area contributed by atoms with Crippen molar-refractivity contribution in [1.82, 2.24) is 19.5 Å². The maximum absolute atomic E-state index is 5.70. The number of anilines is 1. The van der Waals surface area contributed by atoms with Crippen LogP contribution in [0.2, 0.25) is 0 Å². The highest BCUT2D eigenvalue weighted by Gasteiger charge is 2.08. The molecule has 19 heavy (non-hydrogen) atoms. The van der Waals surface area contributed by atoms with E-state index in [1.54, 1.807) is 12.4 Å². The summed E-state index contributed by atoms with van der Waals surface area (Å²) in [6.45, 7) is 1.86. The third-order valence-corrected chi connectivity index (χ3v) is 2.82. The summed E-state index contributed by atoms with van der Waals surface area (Å²) < 4.78 is 1.93. The molecule has 3 aromatic rings. The van der Waals surface area contributed by atoms with Crippen LogP contribution in [0.15, 0.2) is 48.9 Å². The first kappa shape index (κ1) is 11.4. The first-order valence-electron chi connectivity index (χ1n) is 5.93. The monoisotopic (exact) mass is 251 g/mol. The molecule has 2 heterocycles. The Labute approximate surface area is 110 Å². The summed E-state index contributed by atoms with van der Waals surface area (Å²) in [5.74, 6) is 2.37. The van der Waals surface area contributed by atoms with Crippen LogP contribution in [0, 0.1) is 6.92 Å². The second-order valence-corrected chi connectivity index (χ2v) is 4.20. The van der Waals surface area contributed by atoms with Gasteiger partial charge in [-0.15, -0.1) is 0 Å². The van der Waals surface area contributed by atoms with Gasteiger partial charge in [-0.05, 0) is 37.3 Å². The fraction of sp³-hybridized carbons (Fsp3) is 0.0714. The Morgan fingerprint density at radius 1 is 1.00 bits per heavy atom. The minimum absolute atomic E-state index is 0.731. The highest BCUT2D eigenvalue weighted by molar-refractivity contribution is 5.60. The van der Waals surface area contributed by atoms with Crippen LogP contribution in [-0.4, -0.2) is 19.5 Å². The molecule has 0 saturated carbocycles. The number of aromatic nitrogens is 4. The third-order valence-electron chi connectivity index (χ3n) is 2.82. The number of hydrogen-bond acceptors (Lipinski definition) is 4. The fourth-order valence-electron chi connectivity index (χ4n) is 1.91. The highest BCUT2D eigenvalue weighted by atomic mass is 15.1. The van der Waals surface area contributed by atoms with E-state index in [1.165, 1.54) is 0 Å². The lowest BCUT2D eigenvalue weighted by Gasteiger charge is -2.07. The van der Waals surface area contributed by atoms with Crippen molar-refractivity contribution in [3.05, 3.63) is 54.7 Å². The fourth-order valence-corrected chi connectivity index (χ4v) is 1.91. The summed E-state index contributed by atoms with van der Waals surface area (Å²) >= 11 is 0. The minimum atomic E-state index is 0.731. The predicted molar refractivity (Wildman–Crippen MR) is 73.7 cm³/mol. The molecule has 0 aliphatic rings. The Bertz CT molecular complexity index is 700. The highest BCUT2D eigenvalue weighted by Crippen LogP contribution is 2.21. The van der Waals surface area contributed by atoms with Crippen molar-refractivity contribution in [2.45, 2.75) is 6.92 Å². The number of hydrogen-bond donors (Lipinski definition) is 1. The quantitative estimate of drug-likeness (QED) is 0.709. The van der Waals surface area contributed by atoms with Gasteiger partial charge < -0.3 is 5.73 Å². The number of nitrogens with two attached hydrogens (primary N) is 1. The Balaban J connectivity index is 2.10. The zero-order valence-corrected chi connectivity index (χ0v) is 10.5. The van der Waals surface area contributed by atoms with Crippen molar-refractivity contribution in [3.8, 4) is 17.2 Å². The van der Waals surface area contributed by atoms with Gasteiger partial charge in [0.1, 0.15) is 17.5 Å². The van der Waals surface area contributed by atoms with Gasteiger partial charge in [0.25, 0.3) is 0 Å². The van der Waals surface area contributed by atoms with E-state index in [9.17, 15) is 0 Å². The molecular weight excluding hydrogens is 238 g/mol. The van der Waals surface area contributed by atoms with Crippen molar-refractivity contribution in [2.24, 2.45) is 0 Å². The van der Waals surface area contributed by atoms with Crippen LogP contribution < -0.4 is 5.73 Å². The molecule has 0 unspecified atom stereocenters. The standard InChI is InChI=1S/C14H13N5/c1-10-16-7-6-13(18-10)19-9-8-17-14(19)11-2-4-12(15)5-3-11/h2-9H,15H2,1H3. The Morgan fingerprint density at radius 2 is 1.79 bits per heavy atom. The van der Waals surface area contributed by atoms with Gasteiger partial charge in [0.05, 0.1) is 0 Å². The lowest BCUT2D eigenvalue weighted by molar-refractivity contribution is 0.943. The van der Waals surface area contributed by atoms with Gasteiger partial charge in [0.2, 0.25) is 0 Å². The first-order valence-corrected chi connectivity index (χ1v) is 5.93. The molecule has 0 radical (unpaired) electrons. The molecule has 0 fully saturated rings. The van der Waals surface area contributed by atoms with Crippen molar-refractivity contribution < 1.29 is 0 Å². The summed E-state index contributed by atoms with van der Waals surface area (Å²) in [6, 6.07) is 9.47. The Kier molecular flexibility index (Phi) is 2.72. The zero-order chi connectivity index (χ0) is 13.2. The molecule has 94 valence electrons. The average Bonchev–Trinajstić information content (AvgIpc) is 2.89. The van der Waals surface area contributed by atoms with Crippen molar-refractivity contribution in [2.75, 3.05) is 5.73 Å². The molecule has 0 saturated heterocycles. The molecule has 0 atom stereocenters. The SMILES string of the molecule is Cc1nccc(-n2ccnc2-c2ccc(N)cc2)n1. The molecule has 0 amide bonds. The maximum Gasteiger partial charge on any atom is 0.145 e. The molecular formula is C14H13N5. The van der Waals surface area contributed by atoms with Gasteiger partial charge >= 0.3 is 0 Å². The van der Waals surface area contributed by atoms with Crippen LogP contribution >= 0.6 is 0 Å². The summed E-state index contributed by atoms with van der Waals surface area (Å²) in [5, 5.41) is 0. The molecule has 3 rings (SSSR count). The van der Waals surface area contributed by atoms with E-state index in [1.807, 2.05) is 48.0 Å². The molecule has 0 aliphatic heterocycles. The molecule has 2 N–H and O–H groups in total. The van der Waals surface area contributed by atoms with Crippen molar-refractivity contribution >= 4 is 5.69 Å². The summed E-state index contributed by atoms with van der Waals surface area (Å²) in [6.07, 6.45) is 5.38. The van der Waals surface area contributed by atoms with Crippen molar-refractivity contribution in [3.63, 3.8) is 0 Å². The van der Waals surface area contributed by atoms with Crippen LogP contribution in [-0.2, 0) is 0 Å². The van der Waals surface area contributed by atoms with Crippen LogP contribution in [0.4, 0.5) is 5.69 Å². The molecule has 0 spiro atoms. The van der Waals surface area contributed by atoms with Gasteiger partial charge in [-0.3, -0.25) is 4.57 Å². The molecule has 5 nitrogen and oxygen atoms in total. The van der Waals surface area contributed by atoms with E-state index in [0.717, 1.165) is 28.7 Å². The lowest BCUT2D eigenvalue weighted by atomic mass is 10.2. The van der Waals surface area contributed by atoms with E-state index >= 15 is 0 Å². The number of aryl methyl sites for hydroxylation is 1.